The molecule has 4 heteroatoms. The Morgan fingerprint density at radius 1 is 1.18 bits per heavy atom. The fourth-order valence-corrected chi connectivity index (χ4v) is 2.88. The lowest BCUT2D eigenvalue weighted by atomic mass is 10.1. The van der Waals surface area contributed by atoms with Crippen LogP contribution in [-0.4, -0.2) is 21.5 Å². The average Bonchev–Trinajstić information content (AvgIpc) is 2.82. The van der Waals surface area contributed by atoms with Crippen molar-refractivity contribution >= 4 is 22.6 Å². The lowest BCUT2D eigenvalue weighted by molar-refractivity contribution is 0.245. The smallest absolute Gasteiger partial charge is 0.123 e. The van der Waals surface area contributed by atoms with Gasteiger partial charge in [-0.3, -0.25) is 4.90 Å². The minimum absolute atomic E-state index is 0.338. The Morgan fingerprint density at radius 3 is 2.64 bits per heavy atom. The summed E-state index contributed by atoms with van der Waals surface area (Å²) >= 11 is 6.06. The Kier molecular flexibility index (Phi) is 4.19. The van der Waals surface area contributed by atoms with Crippen LogP contribution in [0.4, 0.5) is 0 Å². The molecule has 0 bridgehead atoms. The second-order valence-electron chi connectivity index (χ2n) is 5.72. The summed E-state index contributed by atoms with van der Waals surface area (Å²) in [4.78, 5) is 7.03. The molecule has 0 N–H and O–H groups in total. The van der Waals surface area contributed by atoms with E-state index in [0.29, 0.717) is 6.04 Å². The van der Waals surface area contributed by atoms with Gasteiger partial charge in [-0.15, -0.1) is 0 Å². The van der Waals surface area contributed by atoms with Crippen LogP contribution < -0.4 is 0 Å². The molecular formula is C18H20ClN3. The maximum Gasteiger partial charge on any atom is 0.123 e. The largest absolute Gasteiger partial charge is 0.330 e. The summed E-state index contributed by atoms with van der Waals surface area (Å²) < 4.78 is 2.14. The number of nitrogens with zero attached hydrogens (tertiary/aromatic N) is 3. The van der Waals surface area contributed by atoms with E-state index < -0.39 is 0 Å². The Labute approximate surface area is 136 Å². The standard InChI is InChI=1S/C18H20ClN3/c1-13(14-7-5-4-6-8-14)21(2)12-18-20-16-11-15(19)9-10-17(16)22(18)3/h4-11,13H,12H2,1-3H3. The SMILES string of the molecule is CC(c1ccccc1)N(C)Cc1nc2cc(Cl)ccc2n1C. The Balaban J connectivity index is 1.85. The molecule has 0 radical (unpaired) electrons. The molecule has 3 rings (SSSR count). The van der Waals surface area contributed by atoms with Gasteiger partial charge >= 0.3 is 0 Å². The number of halogens is 1. The molecule has 0 aliphatic heterocycles. The summed E-state index contributed by atoms with van der Waals surface area (Å²) in [6.45, 7) is 3.01. The van der Waals surface area contributed by atoms with Crippen LogP contribution in [-0.2, 0) is 13.6 Å². The first-order valence-corrected chi connectivity index (χ1v) is 7.80. The monoisotopic (exact) mass is 313 g/mol. The molecule has 1 atom stereocenters. The van der Waals surface area contributed by atoms with Crippen LogP contribution in [0.1, 0.15) is 24.4 Å². The lowest BCUT2D eigenvalue weighted by Crippen LogP contribution is -2.23. The lowest BCUT2D eigenvalue weighted by Gasteiger charge is -2.24. The van der Waals surface area contributed by atoms with Gasteiger partial charge < -0.3 is 4.57 Å². The van der Waals surface area contributed by atoms with Gasteiger partial charge in [0.2, 0.25) is 0 Å². The summed E-state index contributed by atoms with van der Waals surface area (Å²) in [5.41, 5.74) is 3.37. The van der Waals surface area contributed by atoms with E-state index in [1.807, 2.05) is 24.3 Å². The molecule has 114 valence electrons. The van der Waals surface area contributed by atoms with Gasteiger partial charge in [-0.2, -0.15) is 0 Å². The van der Waals surface area contributed by atoms with Crippen LogP contribution >= 0.6 is 11.6 Å². The minimum atomic E-state index is 0.338. The van der Waals surface area contributed by atoms with Gasteiger partial charge in [0, 0.05) is 18.1 Å². The maximum atomic E-state index is 6.06. The van der Waals surface area contributed by atoms with Crippen LogP contribution in [0.3, 0.4) is 0 Å². The highest BCUT2D eigenvalue weighted by Crippen LogP contribution is 2.23. The number of hydrogen-bond donors (Lipinski definition) is 0. The zero-order valence-corrected chi connectivity index (χ0v) is 13.9. The molecule has 2 aromatic carbocycles. The number of rotatable bonds is 4. The molecule has 0 amide bonds. The highest BCUT2D eigenvalue weighted by Gasteiger charge is 2.15. The Hall–Kier alpha value is -1.84. The van der Waals surface area contributed by atoms with Crippen molar-refractivity contribution in [2.45, 2.75) is 19.5 Å². The number of aromatic nitrogens is 2. The Morgan fingerprint density at radius 2 is 1.91 bits per heavy atom. The third-order valence-corrected chi connectivity index (χ3v) is 4.50. The van der Waals surface area contributed by atoms with Crippen molar-refractivity contribution in [2.75, 3.05) is 7.05 Å². The molecular weight excluding hydrogens is 294 g/mol. The molecule has 1 heterocycles. The summed E-state index contributed by atoms with van der Waals surface area (Å²) in [6, 6.07) is 16.7. The van der Waals surface area contributed by atoms with Crippen LogP contribution in [0.15, 0.2) is 48.5 Å². The van der Waals surface area contributed by atoms with Crippen LogP contribution in [0.5, 0.6) is 0 Å². The van der Waals surface area contributed by atoms with Crippen LogP contribution in [0.25, 0.3) is 11.0 Å². The number of imidazole rings is 1. The fourth-order valence-electron chi connectivity index (χ4n) is 2.71. The molecule has 0 fully saturated rings. The summed E-state index contributed by atoms with van der Waals surface area (Å²) in [5, 5.41) is 0.725. The minimum Gasteiger partial charge on any atom is -0.330 e. The number of aryl methyl sites for hydroxylation is 1. The van der Waals surface area contributed by atoms with Gasteiger partial charge in [-0.25, -0.2) is 4.98 Å². The van der Waals surface area contributed by atoms with Gasteiger partial charge in [-0.1, -0.05) is 41.9 Å². The van der Waals surface area contributed by atoms with Crippen LogP contribution in [0, 0.1) is 0 Å². The van der Waals surface area contributed by atoms with E-state index in [4.69, 9.17) is 16.6 Å². The Bertz CT molecular complexity index is 780. The fraction of sp³-hybridized carbons (Fsp3) is 0.278. The van der Waals surface area contributed by atoms with E-state index >= 15 is 0 Å². The molecule has 0 aliphatic carbocycles. The van der Waals surface area contributed by atoms with Crippen molar-refractivity contribution in [3.63, 3.8) is 0 Å². The van der Waals surface area contributed by atoms with E-state index in [2.05, 4.69) is 54.8 Å². The zero-order chi connectivity index (χ0) is 15.7. The number of benzene rings is 2. The molecule has 1 unspecified atom stereocenters. The summed E-state index contributed by atoms with van der Waals surface area (Å²) in [5.74, 6) is 1.04. The molecule has 0 spiro atoms. The second-order valence-corrected chi connectivity index (χ2v) is 6.16. The van der Waals surface area contributed by atoms with E-state index in [9.17, 15) is 0 Å². The molecule has 3 aromatic rings. The highest BCUT2D eigenvalue weighted by atomic mass is 35.5. The van der Waals surface area contributed by atoms with E-state index in [1.54, 1.807) is 0 Å². The molecule has 0 saturated carbocycles. The predicted octanol–water partition coefficient (Wildman–Crippen LogP) is 4.42. The van der Waals surface area contributed by atoms with Crippen molar-refractivity contribution < 1.29 is 0 Å². The predicted molar refractivity (Wildman–Crippen MR) is 92.0 cm³/mol. The van der Waals surface area contributed by atoms with E-state index in [0.717, 1.165) is 28.4 Å². The first-order chi connectivity index (χ1) is 10.6. The quantitative estimate of drug-likeness (QED) is 0.711. The van der Waals surface area contributed by atoms with Gasteiger partial charge in [0.05, 0.1) is 17.6 Å². The maximum absolute atomic E-state index is 6.06. The highest BCUT2D eigenvalue weighted by molar-refractivity contribution is 6.31. The first kappa shape index (κ1) is 15.1. The van der Waals surface area contributed by atoms with Gasteiger partial charge in [0.25, 0.3) is 0 Å². The topological polar surface area (TPSA) is 21.1 Å². The molecule has 0 aliphatic rings. The molecule has 3 nitrogen and oxygen atoms in total. The molecule has 0 saturated heterocycles. The van der Waals surface area contributed by atoms with Crippen molar-refractivity contribution in [1.29, 1.82) is 0 Å². The number of fused-ring (bicyclic) bond motifs is 1. The van der Waals surface area contributed by atoms with Gasteiger partial charge in [0.15, 0.2) is 0 Å². The van der Waals surface area contributed by atoms with Gasteiger partial charge in [0.1, 0.15) is 5.82 Å². The third-order valence-electron chi connectivity index (χ3n) is 4.27. The van der Waals surface area contributed by atoms with E-state index in [-0.39, 0.29) is 0 Å². The van der Waals surface area contributed by atoms with E-state index in [1.165, 1.54) is 5.56 Å². The third kappa shape index (κ3) is 2.87. The molecule has 1 aromatic heterocycles. The summed E-state index contributed by atoms with van der Waals surface area (Å²) in [6.07, 6.45) is 0. The summed E-state index contributed by atoms with van der Waals surface area (Å²) in [7, 11) is 4.18. The zero-order valence-electron chi connectivity index (χ0n) is 13.1. The number of hydrogen-bond acceptors (Lipinski definition) is 2. The average molecular weight is 314 g/mol. The first-order valence-electron chi connectivity index (χ1n) is 7.42. The van der Waals surface area contributed by atoms with Crippen molar-refractivity contribution in [2.24, 2.45) is 7.05 Å². The second kappa shape index (κ2) is 6.11. The van der Waals surface area contributed by atoms with Crippen molar-refractivity contribution in [1.82, 2.24) is 14.5 Å². The van der Waals surface area contributed by atoms with Gasteiger partial charge in [-0.05, 0) is 37.7 Å². The van der Waals surface area contributed by atoms with Crippen molar-refractivity contribution in [3.05, 3.63) is 64.9 Å². The van der Waals surface area contributed by atoms with Crippen molar-refractivity contribution in [3.8, 4) is 0 Å². The normalized spacial score (nSPS) is 13.0. The van der Waals surface area contributed by atoms with Crippen LogP contribution in [0.2, 0.25) is 5.02 Å². The molecule has 22 heavy (non-hydrogen) atoms.